The van der Waals surface area contributed by atoms with E-state index in [4.69, 9.17) is 4.74 Å². The van der Waals surface area contributed by atoms with E-state index in [0.717, 1.165) is 46.8 Å². The van der Waals surface area contributed by atoms with Gasteiger partial charge in [-0.2, -0.15) is 0 Å². The highest BCUT2D eigenvalue weighted by atomic mass is 79.9. The van der Waals surface area contributed by atoms with Crippen molar-refractivity contribution >= 4 is 43.9 Å². The zero-order valence-electron chi connectivity index (χ0n) is 12.5. The summed E-state index contributed by atoms with van der Waals surface area (Å²) in [5.74, 6) is 1.90. The molecule has 0 spiro atoms. The SMILES string of the molecule is Brc1ccc(CC=[N+]=C2CCC(C3CCOCC3)N2)c(Br)c1. The van der Waals surface area contributed by atoms with Crippen LogP contribution in [0, 0.1) is 5.92 Å². The standard InChI is InChI=1S/C17H20Br2N2O/c18-14-2-1-12(15(19)11-14)5-8-20-17-4-3-16(21-17)13-6-9-22-10-7-13/h1-2,8,11,13,16H,3-7,9-10H2/p+1. The molecule has 1 unspecified atom stereocenters. The number of nitrogens with one attached hydrogen (secondary N) is 1. The minimum Gasteiger partial charge on any atom is -0.381 e. The van der Waals surface area contributed by atoms with Gasteiger partial charge in [0.25, 0.3) is 0 Å². The summed E-state index contributed by atoms with van der Waals surface area (Å²) in [6.45, 7) is 1.83. The molecule has 0 bridgehead atoms. The fourth-order valence-corrected chi connectivity index (χ4v) is 4.37. The molecule has 5 heteroatoms. The van der Waals surface area contributed by atoms with Crippen LogP contribution in [0.2, 0.25) is 0 Å². The molecule has 2 aliphatic heterocycles. The Morgan fingerprint density at radius 2 is 2.05 bits per heavy atom. The van der Waals surface area contributed by atoms with Gasteiger partial charge in [0.15, 0.2) is 6.21 Å². The Morgan fingerprint density at radius 1 is 1.23 bits per heavy atom. The summed E-state index contributed by atoms with van der Waals surface area (Å²) in [6.07, 6.45) is 7.50. The highest BCUT2D eigenvalue weighted by Crippen LogP contribution is 2.24. The third-order valence-electron chi connectivity index (χ3n) is 4.45. The van der Waals surface area contributed by atoms with Gasteiger partial charge in [-0.25, -0.2) is 4.67 Å². The molecule has 2 fully saturated rings. The minimum absolute atomic E-state index is 0.593. The minimum atomic E-state index is 0.593. The van der Waals surface area contributed by atoms with Gasteiger partial charge in [0, 0.05) is 40.9 Å². The van der Waals surface area contributed by atoms with Gasteiger partial charge in [-0.15, -0.1) is 0 Å². The number of amidine groups is 1. The molecule has 2 saturated heterocycles. The highest BCUT2D eigenvalue weighted by molar-refractivity contribution is 9.11. The van der Waals surface area contributed by atoms with Gasteiger partial charge in [-0.05, 0) is 30.5 Å². The molecule has 1 aromatic rings. The molecule has 1 N–H and O–H groups in total. The number of nitrogens with zero attached hydrogens (tertiary/aromatic N) is 1. The van der Waals surface area contributed by atoms with Crippen molar-refractivity contribution in [2.75, 3.05) is 13.2 Å². The van der Waals surface area contributed by atoms with Gasteiger partial charge >= 0.3 is 5.84 Å². The summed E-state index contributed by atoms with van der Waals surface area (Å²) in [4.78, 5) is 0. The molecule has 0 aliphatic carbocycles. The fourth-order valence-electron chi connectivity index (χ4n) is 3.17. The second-order valence-electron chi connectivity index (χ2n) is 5.94. The Hall–Kier alpha value is -0.610. The van der Waals surface area contributed by atoms with E-state index in [1.807, 2.05) is 6.21 Å². The predicted molar refractivity (Wildman–Crippen MR) is 98.5 cm³/mol. The van der Waals surface area contributed by atoms with Crippen LogP contribution in [0.3, 0.4) is 0 Å². The van der Waals surface area contributed by atoms with Crippen molar-refractivity contribution in [2.24, 2.45) is 5.92 Å². The number of hydrogen-bond acceptors (Lipinski definition) is 1. The normalized spacial score (nSPS) is 22.3. The van der Waals surface area contributed by atoms with Crippen LogP contribution in [0.4, 0.5) is 0 Å². The topological polar surface area (TPSA) is 35.4 Å². The van der Waals surface area contributed by atoms with Crippen molar-refractivity contribution in [3.8, 4) is 0 Å². The number of benzene rings is 1. The lowest BCUT2D eigenvalue weighted by atomic mass is 9.91. The van der Waals surface area contributed by atoms with E-state index in [1.54, 1.807) is 0 Å². The third kappa shape index (κ3) is 4.23. The second-order valence-corrected chi connectivity index (χ2v) is 7.71. The van der Waals surface area contributed by atoms with Gasteiger partial charge in [0.05, 0.1) is 12.5 Å². The lowest BCUT2D eigenvalue weighted by Gasteiger charge is -2.24. The van der Waals surface area contributed by atoms with Gasteiger partial charge in [-0.1, -0.05) is 37.9 Å². The van der Waals surface area contributed by atoms with Crippen LogP contribution in [0.15, 0.2) is 27.1 Å². The summed E-state index contributed by atoms with van der Waals surface area (Å²) in [6, 6.07) is 6.86. The third-order valence-corrected chi connectivity index (χ3v) is 5.68. The van der Waals surface area contributed by atoms with E-state index < -0.39 is 0 Å². The molecule has 0 aromatic heterocycles. The molecule has 118 valence electrons. The van der Waals surface area contributed by atoms with Crippen molar-refractivity contribution in [3.63, 3.8) is 0 Å². The lowest BCUT2D eigenvalue weighted by Crippen LogP contribution is -2.36. The van der Waals surface area contributed by atoms with E-state index in [9.17, 15) is 0 Å². The molecule has 0 radical (unpaired) electrons. The van der Waals surface area contributed by atoms with E-state index in [0.29, 0.717) is 6.04 Å². The molecule has 1 aromatic carbocycles. The first-order valence-electron chi connectivity index (χ1n) is 7.89. The van der Waals surface area contributed by atoms with Crippen molar-refractivity contribution < 1.29 is 4.74 Å². The molecule has 0 saturated carbocycles. The van der Waals surface area contributed by atoms with Crippen LogP contribution in [-0.2, 0) is 11.2 Å². The average Bonchev–Trinajstić information content (AvgIpc) is 2.99. The smallest absolute Gasteiger partial charge is 0.342 e. The maximum Gasteiger partial charge on any atom is 0.342 e. The van der Waals surface area contributed by atoms with Crippen LogP contribution in [-0.4, -0.2) is 31.3 Å². The molecule has 3 nitrogen and oxygen atoms in total. The average molecular weight is 429 g/mol. The molecule has 3 rings (SSSR count). The largest absolute Gasteiger partial charge is 0.381 e. The first-order chi connectivity index (χ1) is 10.7. The monoisotopic (exact) mass is 427 g/mol. The van der Waals surface area contributed by atoms with Gasteiger partial charge in [-0.3, -0.25) is 5.32 Å². The quantitative estimate of drug-likeness (QED) is 0.590. The number of rotatable bonds is 3. The van der Waals surface area contributed by atoms with Crippen LogP contribution >= 0.6 is 31.9 Å². The Morgan fingerprint density at radius 3 is 2.82 bits per heavy atom. The van der Waals surface area contributed by atoms with Crippen molar-refractivity contribution in [2.45, 2.75) is 38.1 Å². The Labute approximate surface area is 148 Å². The lowest BCUT2D eigenvalue weighted by molar-refractivity contribution is 0.0569. The van der Waals surface area contributed by atoms with Crippen molar-refractivity contribution in [1.29, 1.82) is 0 Å². The first-order valence-corrected chi connectivity index (χ1v) is 9.47. The van der Waals surface area contributed by atoms with Crippen molar-refractivity contribution in [3.05, 3.63) is 32.7 Å². The Balaban J connectivity index is 1.58. The molecule has 2 aliphatic rings. The predicted octanol–water partition coefficient (Wildman–Crippen LogP) is 3.47. The number of ether oxygens (including phenoxy) is 1. The molecule has 1 atom stereocenters. The Bertz CT molecular complexity index is 590. The maximum atomic E-state index is 5.45. The fraction of sp³-hybridized carbons (Fsp3) is 0.529. The van der Waals surface area contributed by atoms with Gasteiger partial charge < -0.3 is 4.74 Å². The first kappa shape index (κ1) is 16.3. The van der Waals surface area contributed by atoms with Crippen LogP contribution in [0.25, 0.3) is 0 Å². The molecule has 2 heterocycles. The van der Waals surface area contributed by atoms with E-state index in [-0.39, 0.29) is 0 Å². The zero-order chi connectivity index (χ0) is 15.4. The number of hydrogen-bond donors (Lipinski definition) is 1. The van der Waals surface area contributed by atoms with Gasteiger partial charge in [0.2, 0.25) is 0 Å². The number of halogens is 2. The second kappa shape index (κ2) is 7.78. The molecular weight excluding hydrogens is 408 g/mol. The van der Waals surface area contributed by atoms with E-state index in [1.165, 1.54) is 24.8 Å². The van der Waals surface area contributed by atoms with Crippen molar-refractivity contribution in [1.82, 2.24) is 9.98 Å². The van der Waals surface area contributed by atoms with E-state index in [2.05, 4.69) is 60.0 Å². The summed E-state index contributed by atoms with van der Waals surface area (Å²) in [7, 11) is 0. The summed E-state index contributed by atoms with van der Waals surface area (Å²) in [5, 5.41) is 3.61. The molecule has 22 heavy (non-hydrogen) atoms. The zero-order valence-corrected chi connectivity index (χ0v) is 15.7. The molecule has 0 amide bonds. The Kier molecular flexibility index (Phi) is 5.75. The summed E-state index contributed by atoms with van der Waals surface area (Å²) < 4.78 is 12.3. The highest BCUT2D eigenvalue weighted by Gasteiger charge is 2.34. The van der Waals surface area contributed by atoms with E-state index >= 15 is 0 Å². The summed E-state index contributed by atoms with van der Waals surface area (Å²) >= 11 is 7.07. The molecular formula is C17H21Br2N2O+. The van der Waals surface area contributed by atoms with Crippen LogP contribution in [0.1, 0.15) is 31.2 Å². The maximum absolute atomic E-state index is 5.45. The summed E-state index contributed by atoms with van der Waals surface area (Å²) in [5.41, 5.74) is 1.26. The van der Waals surface area contributed by atoms with Gasteiger partial charge in [0.1, 0.15) is 0 Å². The van der Waals surface area contributed by atoms with Crippen LogP contribution in [0.5, 0.6) is 0 Å². The van der Waals surface area contributed by atoms with Crippen LogP contribution < -0.4 is 9.98 Å².